The predicted molar refractivity (Wildman–Crippen MR) is 115 cm³/mol. The molecule has 1 aliphatic rings. The fourth-order valence-corrected chi connectivity index (χ4v) is 3.99. The number of carbonyl (C=O) groups is 1. The number of amides is 1. The summed E-state index contributed by atoms with van der Waals surface area (Å²) in [5.74, 6) is 1.04. The fourth-order valence-electron chi connectivity index (χ4n) is 3.43. The van der Waals surface area contributed by atoms with Gasteiger partial charge in [0.25, 0.3) is 0 Å². The van der Waals surface area contributed by atoms with Crippen LogP contribution in [0.3, 0.4) is 0 Å². The Morgan fingerprint density at radius 2 is 1.77 bits per heavy atom. The summed E-state index contributed by atoms with van der Waals surface area (Å²) in [4.78, 5) is 14.7. The molecule has 30 heavy (non-hydrogen) atoms. The van der Waals surface area contributed by atoms with Crippen molar-refractivity contribution in [1.82, 2.24) is 0 Å². The molecule has 3 N–H and O–H groups in total. The molecule has 0 saturated carbocycles. The molecule has 1 amide bonds. The number of nitrogens with one attached hydrogen (secondary N) is 1. The number of anilines is 2. The van der Waals surface area contributed by atoms with E-state index in [1.807, 2.05) is 47.4 Å². The van der Waals surface area contributed by atoms with Crippen molar-refractivity contribution < 1.29 is 17.9 Å². The van der Waals surface area contributed by atoms with Crippen LogP contribution < -0.4 is 20.1 Å². The van der Waals surface area contributed by atoms with Gasteiger partial charge < -0.3 is 15.0 Å². The lowest BCUT2D eigenvalue weighted by molar-refractivity contribution is -0.115. The SMILES string of the molecule is NS(=O)(=O)c1ccc2c(c1)CCN2CC(=O)Nc1ccccc1Oc1ccccc1. The van der Waals surface area contributed by atoms with E-state index in [-0.39, 0.29) is 17.3 Å². The van der Waals surface area contributed by atoms with Gasteiger partial charge in [0, 0.05) is 12.2 Å². The second-order valence-electron chi connectivity index (χ2n) is 6.97. The summed E-state index contributed by atoms with van der Waals surface area (Å²) < 4.78 is 29.0. The lowest BCUT2D eigenvalue weighted by Crippen LogP contribution is -2.32. The zero-order valence-corrected chi connectivity index (χ0v) is 16.9. The van der Waals surface area contributed by atoms with Gasteiger partial charge in [-0.05, 0) is 54.4 Å². The Morgan fingerprint density at radius 1 is 1.03 bits per heavy atom. The highest BCUT2D eigenvalue weighted by Crippen LogP contribution is 2.31. The van der Waals surface area contributed by atoms with E-state index < -0.39 is 10.0 Å². The van der Waals surface area contributed by atoms with Crippen molar-refractivity contribution in [2.75, 3.05) is 23.3 Å². The van der Waals surface area contributed by atoms with Crippen LogP contribution in [0.5, 0.6) is 11.5 Å². The Bertz CT molecular complexity index is 1180. The average Bonchev–Trinajstić information content (AvgIpc) is 3.11. The monoisotopic (exact) mass is 423 g/mol. The van der Waals surface area contributed by atoms with Gasteiger partial charge in [0.05, 0.1) is 17.1 Å². The molecular weight excluding hydrogens is 402 g/mol. The predicted octanol–water partition coefficient (Wildman–Crippen LogP) is 3.13. The molecule has 3 aromatic rings. The lowest BCUT2D eigenvalue weighted by Gasteiger charge is -2.19. The minimum absolute atomic E-state index is 0.0829. The molecule has 0 spiro atoms. The maximum absolute atomic E-state index is 12.7. The van der Waals surface area contributed by atoms with Crippen LogP contribution >= 0.6 is 0 Å². The zero-order chi connectivity index (χ0) is 21.1. The van der Waals surface area contributed by atoms with Crippen molar-refractivity contribution in [2.45, 2.75) is 11.3 Å². The highest BCUT2D eigenvalue weighted by molar-refractivity contribution is 7.89. The summed E-state index contributed by atoms with van der Waals surface area (Å²) >= 11 is 0. The van der Waals surface area contributed by atoms with Crippen LogP contribution in [0, 0.1) is 0 Å². The Kier molecular flexibility index (Phi) is 5.43. The number of rotatable bonds is 6. The van der Waals surface area contributed by atoms with Crippen LogP contribution in [0.4, 0.5) is 11.4 Å². The highest BCUT2D eigenvalue weighted by Gasteiger charge is 2.23. The van der Waals surface area contributed by atoms with Crippen LogP contribution in [-0.2, 0) is 21.2 Å². The van der Waals surface area contributed by atoms with E-state index in [9.17, 15) is 13.2 Å². The Morgan fingerprint density at radius 3 is 2.53 bits per heavy atom. The third kappa shape index (κ3) is 4.45. The molecule has 3 aromatic carbocycles. The van der Waals surface area contributed by atoms with Crippen LogP contribution in [0.1, 0.15) is 5.56 Å². The third-order valence-electron chi connectivity index (χ3n) is 4.84. The van der Waals surface area contributed by atoms with E-state index in [1.165, 1.54) is 6.07 Å². The first kappa shape index (κ1) is 19.9. The van der Waals surface area contributed by atoms with E-state index in [4.69, 9.17) is 9.88 Å². The van der Waals surface area contributed by atoms with Gasteiger partial charge >= 0.3 is 0 Å². The number of fused-ring (bicyclic) bond motifs is 1. The lowest BCUT2D eigenvalue weighted by atomic mass is 10.2. The largest absolute Gasteiger partial charge is 0.455 e. The van der Waals surface area contributed by atoms with Crippen LogP contribution in [0.25, 0.3) is 0 Å². The van der Waals surface area contributed by atoms with Gasteiger partial charge in [-0.2, -0.15) is 0 Å². The number of benzene rings is 3. The maximum Gasteiger partial charge on any atom is 0.243 e. The maximum atomic E-state index is 12.7. The summed E-state index contributed by atoms with van der Waals surface area (Å²) in [6.07, 6.45) is 0.652. The summed E-state index contributed by atoms with van der Waals surface area (Å²) in [6, 6.07) is 21.3. The number of nitrogens with two attached hydrogens (primary N) is 1. The molecule has 154 valence electrons. The topological polar surface area (TPSA) is 102 Å². The number of hydrogen-bond donors (Lipinski definition) is 2. The summed E-state index contributed by atoms with van der Waals surface area (Å²) in [5.41, 5.74) is 2.28. The second-order valence-corrected chi connectivity index (χ2v) is 8.53. The normalized spacial score (nSPS) is 13.0. The van der Waals surface area contributed by atoms with E-state index in [2.05, 4.69) is 5.32 Å². The number of ether oxygens (including phenoxy) is 1. The molecule has 0 fully saturated rings. The van der Waals surface area contributed by atoms with Crippen molar-refractivity contribution in [3.63, 3.8) is 0 Å². The summed E-state index contributed by atoms with van der Waals surface area (Å²) in [7, 11) is -3.75. The number of carbonyl (C=O) groups excluding carboxylic acids is 1. The number of hydrogen-bond acceptors (Lipinski definition) is 5. The van der Waals surface area contributed by atoms with Gasteiger partial charge in [-0.3, -0.25) is 4.79 Å². The second kappa shape index (κ2) is 8.17. The molecule has 0 unspecified atom stereocenters. The Labute approximate surface area is 175 Å². The standard InChI is InChI=1S/C22H21N3O4S/c23-30(27,28)18-10-11-20-16(14-18)12-13-25(20)15-22(26)24-19-8-4-5-9-21(19)29-17-6-2-1-3-7-17/h1-11,14H,12-13,15H2,(H,24,26)(H2,23,27,28). The fraction of sp³-hybridized carbons (Fsp3) is 0.136. The van der Waals surface area contributed by atoms with E-state index in [1.54, 1.807) is 24.3 Å². The Balaban J connectivity index is 1.46. The van der Waals surface area contributed by atoms with Gasteiger partial charge in [0.1, 0.15) is 5.75 Å². The minimum atomic E-state index is -3.75. The van der Waals surface area contributed by atoms with Crippen molar-refractivity contribution in [3.05, 3.63) is 78.4 Å². The smallest absolute Gasteiger partial charge is 0.243 e. The number of para-hydroxylation sites is 3. The van der Waals surface area contributed by atoms with Crippen molar-refractivity contribution in [3.8, 4) is 11.5 Å². The zero-order valence-electron chi connectivity index (χ0n) is 16.1. The molecule has 4 rings (SSSR count). The molecule has 0 atom stereocenters. The molecule has 0 aromatic heterocycles. The minimum Gasteiger partial charge on any atom is -0.455 e. The van der Waals surface area contributed by atoms with Gasteiger partial charge in [0.2, 0.25) is 15.9 Å². The molecule has 8 heteroatoms. The first-order valence-corrected chi connectivity index (χ1v) is 11.0. The van der Waals surface area contributed by atoms with Crippen molar-refractivity contribution in [2.24, 2.45) is 5.14 Å². The number of nitrogens with zero attached hydrogens (tertiary/aromatic N) is 1. The number of sulfonamides is 1. The van der Waals surface area contributed by atoms with Gasteiger partial charge in [0.15, 0.2) is 5.75 Å². The number of primary sulfonamides is 1. The van der Waals surface area contributed by atoms with Gasteiger partial charge in [-0.15, -0.1) is 0 Å². The van der Waals surface area contributed by atoms with Crippen LogP contribution in [0.2, 0.25) is 0 Å². The van der Waals surface area contributed by atoms with Gasteiger partial charge in [-0.1, -0.05) is 30.3 Å². The third-order valence-corrected chi connectivity index (χ3v) is 5.75. The first-order valence-electron chi connectivity index (χ1n) is 9.42. The summed E-state index contributed by atoms with van der Waals surface area (Å²) in [6.45, 7) is 0.764. The van der Waals surface area contributed by atoms with Crippen molar-refractivity contribution >= 4 is 27.3 Å². The molecule has 0 saturated heterocycles. The Hall–Kier alpha value is -3.36. The van der Waals surface area contributed by atoms with E-state index in [0.717, 1.165) is 11.3 Å². The van der Waals surface area contributed by atoms with Crippen LogP contribution in [0.15, 0.2) is 77.7 Å². The highest BCUT2D eigenvalue weighted by atomic mass is 32.2. The van der Waals surface area contributed by atoms with Crippen molar-refractivity contribution in [1.29, 1.82) is 0 Å². The molecule has 0 radical (unpaired) electrons. The molecule has 0 bridgehead atoms. The quantitative estimate of drug-likeness (QED) is 0.634. The van der Waals surface area contributed by atoms with E-state index >= 15 is 0 Å². The average molecular weight is 423 g/mol. The molecule has 0 aliphatic carbocycles. The van der Waals surface area contributed by atoms with E-state index in [0.29, 0.717) is 30.2 Å². The molecule has 7 nitrogen and oxygen atoms in total. The molecule has 1 aliphatic heterocycles. The summed E-state index contributed by atoms with van der Waals surface area (Å²) in [5, 5.41) is 8.11. The van der Waals surface area contributed by atoms with Crippen LogP contribution in [-0.4, -0.2) is 27.4 Å². The first-order chi connectivity index (χ1) is 14.4. The van der Waals surface area contributed by atoms with Gasteiger partial charge in [-0.25, -0.2) is 13.6 Å². The molecule has 1 heterocycles. The molecular formula is C22H21N3O4S.